The van der Waals surface area contributed by atoms with Crippen LogP contribution in [0.15, 0.2) is 24.3 Å². The molecule has 1 saturated heterocycles. The number of anilines is 1. The minimum atomic E-state index is -0.0258. The number of rotatable bonds is 4. The second-order valence-corrected chi connectivity index (χ2v) is 4.09. The Balaban J connectivity index is 2.10. The average Bonchev–Trinajstić information content (AvgIpc) is 2.72. The highest BCUT2D eigenvalue weighted by atomic mass is 16.5. The number of nitrogens with one attached hydrogen (secondary N) is 1. The zero-order valence-electron chi connectivity index (χ0n) is 10.3. The van der Waals surface area contributed by atoms with Crippen molar-refractivity contribution in [2.45, 2.75) is 19.4 Å². The van der Waals surface area contributed by atoms with Gasteiger partial charge in [0.15, 0.2) is 0 Å². The number of likely N-dealkylation sites (N-methyl/N-ethyl adjacent to an activating group) is 1. The van der Waals surface area contributed by atoms with Gasteiger partial charge in [0.1, 0.15) is 5.75 Å². The average molecular weight is 234 g/mol. The van der Waals surface area contributed by atoms with Gasteiger partial charge >= 0.3 is 0 Å². The van der Waals surface area contributed by atoms with Crippen molar-refractivity contribution >= 4 is 11.6 Å². The first-order chi connectivity index (χ1) is 8.26. The normalized spacial score (nSPS) is 19.8. The summed E-state index contributed by atoms with van der Waals surface area (Å²) in [5.41, 5.74) is 0.941. The third-order valence-corrected chi connectivity index (χ3v) is 3.04. The number of carbonyl (C=O) groups is 1. The molecule has 4 heteroatoms. The monoisotopic (exact) mass is 234 g/mol. The second kappa shape index (κ2) is 5.19. The molecule has 1 fully saturated rings. The van der Waals surface area contributed by atoms with Crippen molar-refractivity contribution in [3.05, 3.63) is 24.3 Å². The summed E-state index contributed by atoms with van der Waals surface area (Å²) in [6.45, 7) is 3.62. The van der Waals surface area contributed by atoms with E-state index in [0.29, 0.717) is 0 Å². The fourth-order valence-electron chi connectivity index (χ4n) is 2.13. The summed E-state index contributed by atoms with van der Waals surface area (Å²) in [6.07, 6.45) is 0.874. The second-order valence-electron chi connectivity index (χ2n) is 4.09. The summed E-state index contributed by atoms with van der Waals surface area (Å²) in [5, 5.41) is 3.20. The highest BCUT2D eigenvalue weighted by Crippen LogP contribution is 2.23. The topological polar surface area (TPSA) is 41.6 Å². The zero-order chi connectivity index (χ0) is 12.3. The summed E-state index contributed by atoms with van der Waals surface area (Å²) in [5.74, 6) is 0.973. The van der Waals surface area contributed by atoms with Gasteiger partial charge in [0.05, 0.1) is 13.2 Å². The smallest absolute Gasteiger partial charge is 0.244 e. The zero-order valence-corrected chi connectivity index (χ0v) is 10.3. The van der Waals surface area contributed by atoms with Gasteiger partial charge in [0.25, 0.3) is 0 Å². The van der Waals surface area contributed by atoms with Gasteiger partial charge in [-0.25, -0.2) is 0 Å². The van der Waals surface area contributed by atoms with E-state index < -0.39 is 0 Å². The molecule has 92 valence electrons. The van der Waals surface area contributed by atoms with Crippen LogP contribution < -0.4 is 15.0 Å². The van der Waals surface area contributed by atoms with E-state index in [1.807, 2.05) is 36.1 Å². The van der Waals surface area contributed by atoms with E-state index in [9.17, 15) is 4.79 Å². The van der Waals surface area contributed by atoms with Crippen LogP contribution in [-0.4, -0.2) is 32.1 Å². The molecule has 1 N–H and O–H groups in total. The summed E-state index contributed by atoms with van der Waals surface area (Å²) in [6, 6.07) is 7.57. The number of benzene rings is 1. The fraction of sp³-hybridized carbons (Fsp3) is 0.462. The van der Waals surface area contributed by atoms with Crippen molar-refractivity contribution in [2.75, 3.05) is 25.1 Å². The Morgan fingerprint density at radius 1 is 1.41 bits per heavy atom. The molecule has 1 heterocycles. The molecule has 0 aliphatic carbocycles. The summed E-state index contributed by atoms with van der Waals surface area (Å²) in [4.78, 5) is 13.9. The van der Waals surface area contributed by atoms with Crippen molar-refractivity contribution in [3.63, 3.8) is 0 Å². The van der Waals surface area contributed by atoms with Gasteiger partial charge in [-0.1, -0.05) is 6.92 Å². The van der Waals surface area contributed by atoms with Gasteiger partial charge in [-0.15, -0.1) is 0 Å². The molecule has 0 bridgehead atoms. The molecule has 1 aliphatic rings. The van der Waals surface area contributed by atoms with Crippen LogP contribution in [0.3, 0.4) is 0 Å². The largest absolute Gasteiger partial charge is 0.497 e. The lowest BCUT2D eigenvalue weighted by molar-refractivity contribution is -0.118. The SMILES string of the molecule is CCNC1CCN(c2ccc(OC)cc2)C1=O. The Hall–Kier alpha value is -1.55. The number of hydrogen-bond donors (Lipinski definition) is 1. The molecule has 17 heavy (non-hydrogen) atoms. The number of carbonyl (C=O) groups excluding carboxylic acids is 1. The highest BCUT2D eigenvalue weighted by Gasteiger charge is 2.31. The van der Waals surface area contributed by atoms with Gasteiger partial charge in [-0.3, -0.25) is 4.79 Å². The number of ether oxygens (including phenoxy) is 1. The Morgan fingerprint density at radius 2 is 2.12 bits per heavy atom. The molecule has 0 aromatic heterocycles. The van der Waals surface area contributed by atoms with E-state index in [1.54, 1.807) is 7.11 Å². The van der Waals surface area contributed by atoms with Crippen molar-refractivity contribution in [2.24, 2.45) is 0 Å². The van der Waals surface area contributed by atoms with E-state index in [2.05, 4.69) is 5.32 Å². The molecule has 4 nitrogen and oxygen atoms in total. The Labute approximate surface area is 102 Å². The number of amides is 1. The van der Waals surface area contributed by atoms with Crippen molar-refractivity contribution in [3.8, 4) is 5.75 Å². The number of hydrogen-bond acceptors (Lipinski definition) is 3. The van der Waals surface area contributed by atoms with Crippen LogP contribution in [0.25, 0.3) is 0 Å². The minimum Gasteiger partial charge on any atom is -0.497 e. The standard InChI is InChI=1S/C13H18N2O2/c1-3-14-12-8-9-15(13(12)16)10-4-6-11(17-2)7-5-10/h4-7,12,14H,3,8-9H2,1-2H3. The van der Waals surface area contributed by atoms with Gasteiger partial charge in [-0.05, 0) is 37.2 Å². The highest BCUT2D eigenvalue weighted by molar-refractivity contribution is 5.99. The maximum atomic E-state index is 12.1. The van der Waals surface area contributed by atoms with Gasteiger partial charge in [-0.2, -0.15) is 0 Å². The quantitative estimate of drug-likeness (QED) is 0.856. The molecular formula is C13H18N2O2. The first-order valence-electron chi connectivity index (χ1n) is 5.95. The Morgan fingerprint density at radius 3 is 2.71 bits per heavy atom. The maximum absolute atomic E-state index is 12.1. The molecular weight excluding hydrogens is 216 g/mol. The van der Waals surface area contributed by atoms with Crippen LogP contribution in [0.4, 0.5) is 5.69 Å². The van der Waals surface area contributed by atoms with Crippen molar-refractivity contribution in [1.29, 1.82) is 0 Å². The van der Waals surface area contributed by atoms with E-state index in [1.165, 1.54) is 0 Å². The molecule has 0 spiro atoms. The van der Waals surface area contributed by atoms with E-state index in [4.69, 9.17) is 4.74 Å². The van der Waals surface area contributed by atoms with E-state index in [0.717, 1.165) is 30.9 Å². The third-order valence-electron chi connectivity index (χ3n) is 3.04. The molecule has 0 saturated carbocycles. The lowest BCUT2D eigenvalue weighted by atomic mass is 10.2. The number of nitrogens with zero attached hydrogens (tertiary/aromatic N) is 1. The van der Waals surface area contributed by atoms with Gasteiger partial charge in [0.2, 0.25) is 5.91 Å². The van der Waals surface area contributed by atoms with Crippen LogP contribution in [0.5, 0.6) is 5.75 Å². The fourth-order valence-corrected chi connectivity index (χ4v) is 2.13. The number of methoxy groups -OCH3 is 1. The molecule has 1 unspecified atom stereocenters. The van der Waals surface area contributed by atoms with E-state index >= 15 is 0 Å². The van der Waals surface area contributed by atoms with Gasteiger partial charge in [0, 0.05) is 12.2 Å². The van der Waals surface area contributed by atoms with Crippen LogP contribution in [0, 0.1) is 0 Å². The Kier molecular flexibility index (Phi) is 3.64. The molecule has 1 aliphatic heterocycles. The molecule has 2 rings (SSSR count). The predicted molar refractivity (Wildman–Crippen MR) is 67.4 cm³/mol. The third kappa shape index (κ3) is 2.42. The maximum Gasteiger partial charge on any atom is 0.244 e. The van der Waals surface area contributed by atoms with E-state index in [-0.39, 0.29) is 11.9 Å². The molecule has 1 aromatic carbocycles. The van der Waals surface area contributed by atoms with Crippen LogP contribution in [-0.2, 0) is 4.79 Å². The summed E-state index contributed by atoms with van der Waals surface area (Å²) >= 11 is 0. The first kappa shape index (κ1) is 11.9. The Bertz CT molecular complexity index is 389. The molecule has 0 radical (unpaired) electrons. The predicted octanol–water partition coefficient (Wildman–Crippen LogP) is 1.41. The van der Waals surface area contributed by atoms with Crippen LogP contribution in [0.2, 0.25) is 0 Å². The van der Waals surface area contributed by atoms with Gasteiger partial charge < -0.3 is 15.0 Å². The lowest BCUT2D eigenvalue weighted by Gasteiger charge is -2.17. The summed E-state index contributed by atoms with van der Waals surface area (Å²) < 4.78 is 5.10. The summed E-state index contributed by atoms with van der Waals surface area (Å²) in [7, 11) is 1.64. The molecule has 1 amide bonds. The molecule has 1 aromatic rings. The first-order valence-corrected chi connectivity index (χ1v) is 5.95. The van der Waals surface area contributed by atoms with Crippen molar-refractivity contribution in [1.82, 2.24) is 5.32 Å². The van der Waals surface area contributed by atoms with Crippen molar-refractivity contribution < 1.29 is 9.53 Å². The lowest BCUT2D eigenvalue weighted by Crippen LogP contribution is -2.38. The van der Waals surface area contributed by atoms with Crippen LogP contribution in [0.1, 0.15) is 13.3 Å². The minimum absolute atomic E-state index is 0.0258. The van der Waals surface area contributed by atoms with Crippen LogP contribution >= 0.6 is 0 Å². The molecule has 1 atom stereocenters.